The van der Waals surface area contributed by atoms with Crippen LogP contribution >= 0.6 is 0 Å². The highest BCUT2D eigenvalue weighted by molar-refractivity contribution is 5.29. The lowest BCUT2D eigenvalue weighted by molar-refractivity contribution is 0.0757. The van der Waals surface area contributed by atoms with Crippen LogP contribution in [0.3, 0.4) is 0 Å². The largest absolute Gasteiger partial charge is 0.374 e. The standard InChI is InChI=1S/C14H22O/c1-5-15-12(4)14-9-7-6-8-13(14)10-11(2)3/h6-9,11-12H,5,10H2,1-4H3. The SMILES string of the molecule is CCOC(C)c1ccccc1CC(C)C. The molecule has 0 aliphatic carbocycles. The zero-order valence-electron chi connectivity index (χ0n) is 10.3. The monoisotopic (exact) mass is 206 g/mol. The molecule has 0 fully saturated rings. The minimum Gasteiger partial charge on any atom is -0.374 e. The lowest BCUT2D eigenvalue weighted by Gasteiger charge is -2.17. The molecule has 0 radical (unpaired) electrons. The summed E-state index contributed by atoms with van der Waals surface area (Å²) < 4.78 is 5.65. The molecule has 0 spiro atoms. The van der Waals surface area contributed by atoms with Crippen molar-refractivity contribution in [2.45, 2.75) is 40.2 Å². The molecule has 0 bridgehead atoms. The Morgan fingerprint density at radius 1 is 1.13 bits per heavy atom. The van der Waals surface area contributed by atoms with Crippen molar-refractivity contribution in [3.63, 3.8) is 0 Å². The zero-order chi connectivity index (χ0) is 11.3. The average molecular weight is 206 g/mol. The lowest BCUT2D eigenvalue weighted by Crippen LogP contribution is -2.05. The van der Waals surface area contributed by atoms with E-state index in [4.69, 9.17) is 4.74 Å². The number of hydrogen-bond donors (Lipinski definition) is 0. The average Bonchev–Trinajstić information content (AvgIpc) is 2.18. The first kappa shape index (κ1) is 12.3. The summed E-state index contributed by atoms with van der Waals surface area (Å²) in [4.78, 5) is 0. The second-order valence-corrected chi connectivity index (χ2v) is 4.39. The molecule has 0 N–H and O–H groups in total. The van der Waals surface area contributed by atoms with Crippen molar-refractivity contribution >= 4 is 0 Å². The number of benzene rings is 1. The van der Waals surface area contributed by atoms with Gasteiger partial charge in [-0.25, -0.2) is 0 Å². The maximum atomic E-state index is 5.65. The molecule has 1 nitrogen and oxygen atoms in total. The number of ether oxygens (including phenoxy) is 1. The van der Waals surface area contributed by atoms with Gasteiger partial charge in [0, 0.05) is 6.61 Å². The van der Waals surface area contributed by atoms with Crippen molar-refractivity contribution in [3.8, 4) is 0 Å². The van der Waals surface area contributed by atoms with Crippen LogP contribution in [0.2, 0.25) is 0 Å². The van der Waals surface area contributed by atoms with Gasteiger partial charge in [-0.2, -0.15) is 0 Å². The smallest absolute Gasteiger partial charge is 0.0799 e. The molecule has 0 saturated carbocycles. The normalized spacial score (nSPS) is 13.1. The molecule has 0 amide bonds. The summed E-state index contributed by atoms with van der Waals surface area (Å²) in [6, 6.07) is 8.59. The summed E-state index contributed by atoms with van der Waals surface area (Å²) in [6.45, 7) is 9.45. The molecule has 0 saturated heterocycles. The predicted octanol–water partition coefficient (Wildman–Crippen LogP) is 3.98. The van der Waals surface area contributed by atoms with Crippen LogP contribution in [-0.4, -0.2) is 6.61 Å². The Morgan fingerprint density at radius 2 is 1.80 bits per heavy atom. The molecule has 1 unspecified atom stereocenters. The molecule has 1 atom stereocenters. The third-order valence-electron chi connectivity index (χ3n) is 2.54. The first-order valence-corrected chi connectivity index (χ1v) is 5.84. The molecular weight excluding hydrogens is 184 g/mol. The Morgan fingerprint density at radius 3 is 2.40 bits per heavy atom. The highest BCUT2D eigenvalue weighted by atomic mass is 16.5. The van der Waals surface area contributed by atoms with Gasteiger partial charge >= 0.3 is 0 Å². The molecule has 84 valence electrons. The highest BCUT2D eigenvalue weighted by Crippen LogP contribution is 2.23. The minimum absolute atomic E-state index is 0.213. The fourth-order valence-corrected chi connectivity index (χ4v) is 1.90. The summed E-state index contributed by atoms with van der Waals surface area (Å²) in [5, 5.41) is 0. The van der Waals surface area contributed by atoms with Gasteiger partial charge in [-0.15, -0.1) is 0 Å². The van der Waals surface area contributed by atoms with Crippen LogP contribution in [-0.2, 0) is 11.2 Å². The summed E-state index contributed by atoms with van der Waals surface area (Å²) in [6.07, 6.45) is 1.35. The van der Waals surface area contributed by atoms with E-state index in [0.717, 1.165) is 13.0 Å². The van der Waals surface area contributed by atoms with Crippen LogP contribution in [0, 0.1) is 5.92 Å². The Kier molecular flexibility index (Phi) is 4.83. The van der Waals surface area contributed by atoms with E-state index >= 15 is 0 Å². The first-order valence-electron chi connectivity index (χ1n) is 5.84. The molecule has 15 heavy (non-hydrogen) atoms. The molecule has 0 heterocycles. The van der Waals surface area contributed by atoms with Gasteiger partial charge in [-0.05, 0) is 37.3 Å². The molecule has 1 rings (SSSR count). The second-order valence-electron chi connectivity index (χ2n) is 4.39. The van der Waals surface area contributed by atoms with Gasteiger partial charge in [0.25, 0.3) is 0 Å². The molecule has 0 aromatic heterocycles. The Bertz CT molecular complexity index is 291. The van der Waals surface area contributed by atoms with Gasteiger partial charge in [0.1, 0.15) is 0 Å². The Balaban J connectivity index is 2.85. The Hall–Kier alpha value is -0.820. The number of rotatable bonds is 5. The van der Waals surface area contributed by atoms with Crippen molar-refractivity contribution in [2.75, 3.05) is 6.61 Å². The van der Waals surface area contributed by atoms with Crippen LogP contribution < -0.4 is 0 Å². The quantitative estimate of drug-likeness (QED) is 0.708. The fourth-order valence-electron chi connectivity index (χ4n) is 1.90. The Labute approximate surface area is 93.5 Å². The van der Waals surface area contributed by atoms with Crippen molar-refractivity contribution in [1.82, 2.24) is 0 Å². The molecule has 1 heteroatoms. The van der Waals surface area contributed by atoms with Crippen molar-refractivity contribution in [1.29, 1.82) is 0 Å². The third-order valence-corrected chi connectivity index (χ3v) is 2.54. The summed E-state index contributed by atoms with van der Waals surface area (Å²) in [5.74, 6) is 0.694. The van der Waals surface area contributed by atoms with E-state index in [9.17, 15) is 0 Å². The van der Waals surface area contributed by atoms with Crippen LogP contribution in [0.5, 0.6) is 0 Å². The number of hydrogen-bond acceptors (Lipinski definition) is 1. The summed E-state index contributed by atoms with van der Waals surface area (Å²) in [5.41, 5.74) is 2.77. The van der Waals surface area contributed by atoms with Crippen LogP contribution in [0.1, 0.15) is 44.9 Å². The van der Waals surface area contributed by atoms with Crippen LogP contribution in [0.4, 0.5) is 0 Å². The topological polar surface area (TPSA) is 9.23 Å². The maximum Gasteiger partial charge on any atom is 0.0799 e. The highest BCUT2D eigenvalue weighted by Gasteiger charge is 2.10. The predicted molar refractivity (Wildman–Crippen MR) is 65.0 cm³/mol. The molecule has 0 aliphatic rings. The van der Waals surface area contributed by atoms with E-state index in [0.29, 0.717) is 5.92 Å². The van der Waals surface area contributed by atoms with Crippen LogP contribution in [0.25, 0.3) is 0 Å². The van der Waals surface area contributed by atoms with Gasteiger partial charge in [0.05, 0.1) is 6.10 Å². The van der Waals surface area contributed by atoms with E-state index in [1.54, 1.807) is 0 Å². The summed E-state index contributed by atoms with van der Waals surface area (Å²) >= 11 is 0. The van der Waals surface area contributed by atoms with Gasteiger partial charge in [0.2, 0.25) is 0 Å². The summed E-state index contributed by atoms with van der Waals surface area (Å²) in [7, 11) is 0. The van der Waals surface area contributed by atoms with E-state index in [-0.39, 0.29) is 6.10 Å². The fraction of sp³-hybridized carbons (Fsp3) is 0.571. The lowest BCUT2D eigenvalue weighted by atomic mass is 9.95. The maximum absolute atomic E-state index is 5.65. The van der Waals surface area contributed by atoms with Gasteiger partial charge in [0.15, 0.2) is 0 Å². The zero-order valence-corrected chi connectivity index (χ0v) is 10.3. The van der Waals surface area contributed by atoms with Crippen LogP contribution in [0.15, 0.2) is 24.3 Å². The molecule has 1 aromatic rings. The van der Waals surface area contributed by atoms with Gasteiger partial charge in [-0.1, -0.05) is 38.1 Å². The van der Waals surface area contributed by atoms with E-state index in [1.807, 2.05) is 6.92 Å². The van der Waals surface area contributed by atoms with E-state index in [1.165, 1.54) is 11.1 Å². The minimum atomic E-state index is 0.213. The third kappa shape index (κ3) is 3.67. The van der Waals surface area contributed by atoms with E-state index in [2.05, 4.69) is 45.0 Å². The second kappa shape index (κ2) is 5.92. The van der Waals surface area contributed by atoms with Crippen molar-refractivity contribution in [2.24, 2.45) is 5.92 Å². The van der Waals surface area contributed by atoms with Gasteiger partial charge < -0.3 is 4.74 Å². The molecule has 1 aromatic carbocycles. The van der Waals surface area contributed by atoms with Crippen molar-refractivity contribution in [3.05, 3.63) is 35.4 Å². The first-order chi connectivity index (χ1) is 7.15. The van der Waals surface area contributed by atoms with Crippen molar-refractivity contribution < 1.29 is 4.74 Å². The van der Waals surface area contributed by atoms with E-state index < -0.39 is 0 Å². The molecular formula is C14H22O. The van der Waals surface area contributed by atoms with Gasteiger partial charge in [-0.3, -0.25) is 0 Å². The molecule has 0 aliphatic heterocycles.